The topological polar surface area (TPSA) is 111 Å². The minimum Gasteiger partial charge on any atom is -0.465 e. The summed E-state index contributed by atoms with van der Waals surface area (Å²) in [4.78, 5) is 12.0. The van der Waals surface area contributed by atoms with Crippen LogP contribution in [0.2, 0.25) is 0 Å². The summed E-state index contributed by atoms with van der Waals surface area (Å²) in [5.74, 6) is -0.0358. The van der Waals surface area contributed by atoms with Crippen LogP contribution in [-0.4, -0.2) is 42.1 Å². The van der Waals surface area contributed by atoms with Gasteiger partial charge in [-0.2, -0.15) is 5.26 Å². The van der Waals surface area contributed by atoms with E-state index >= 15 is 0 Å². The van der Waals surface area contributed by atoms with E-state index in [0.29, 0.717) is 35.8 Å². The number of aliphatic hydroxyl groups excluding tert-OH is 1. The first-order chi connectivity index (χ1) is 13.9. The summed E-state index contributed by atoms with van der Waals surface area (Å²) in [6, 6.07) is 9.75. The maximum Gasteiger partial charge on any atom is 0.348 e. The molecule has 7 nitrogen and oxygen atoms in total. The Balaban J connectivity index is 2.94. The Morgan fingerprint density at radius 3 is 2.52 bits per heavy atom. The van der Waals surface area contributed by atoms with Crippen LogP contribution < -0.4 is 5.32 Å². The second-order valence-electron chi connectivity index (χ2n) is 6.62. The Hall–Kier alpha value is -3.37. The van der Waals surface area contributed by atoms with Gasteiger partial charge in [0.25, 0.3) is 0 Å². The molecule has 0 unspecified atom stereocenters. The molecule has 0 saturated heterocycles. The maximum absolute atomic E-state index is 12.0. The number of nitriles is 1. The number of hydrogen-bond donors (Lipinski definition) is 3. The fraction of sp³-hybridized carbons (Fsp3) is 0.318. The lowest BCUT2D eigenvalue weighted by molar-refractivity contribution is -0.135. The van der Waals surface area contributed by atoms with E-state index in [2.05, 4.69) is 5.32 Å². The van der Waals surface area contributed by atoms with Gasteiger partial charge in [0.05, 0.1) is 12.8 Å². The average Bonchev–Trinajstić information content (AvgIpc) is 3.03. The van der Waals surface area contributed by atoms with E-state index in [1.165, 1.54) is 13.2 Å². The lowest BCUT2D eigenvalue weighted by Gasteiger charge is -2.12. The Kier molecular flexibility index (Phi) is 7.34. The standard InChI is InChI=1S/C22H26N4O3/c1-14-6-8-16(9-7-14)20-18(12-17(13-23)22(28)29-4)26(10-5-11-27)21(25-3)19(20)15(2)24/h6-9,12,24-25,27H,5,10-11H2,1-4H3/b17-12+,24-15?. The molecule has 1 aromatic carbocycles. The van der Waals surface area contributed by atoms with Gasteiger partial charge in [-0.3, -0.25) is 0 Å². The third kappa shape index (κ3) is 4.55. The molecule has 2 aromatic rings. The molecule has 1 heterocycles. The highest BCUT2D eigenvalue weighted by Gasteiger charge is 2.25. The molecular weight excluding hydrogens is 368 g/mol. The van der Waals surface area contributed by atoms with Crippen molar-refractivity contribution < 1.29 is 14.6 Å². The summed E-state index contributed by atoms with van der Waals surface area (Å²) in [5, 5.41) is 30.3. The van der Waals surface area contributed by atoms with Gasteiger partial charge in [-0.15, -0.1) is 0 Å². The predicted molar refractivity (Wildman–Crippen MR) is 114 cm³/mol. The first kappa shape index (κ1) is 21.9. The van der Waals surface area contributed by atoms with Crippen molar-refractivity contribution in [3.05, 3.63) is 46.7 Å². The number of esters is 1. The molecule has 1 aromatic heterocycles. The summed E-state index contributed by atoms with van der Waals surface area (Å²) in [6.45, 7) is 4.13. The first-order valence-electron chi connectivity index (χ1n) is 9.27. The number of carbonyl (C=O) groups excluding carboxylic acids is 1. The number of anilines is 1. The second kappa shape index (κ2) is 9.71. The van der Waals surface area contributed by atoms with E-state index in [0.717, 1.165) is 16.7 Å². The third-order valence-corrected chi connectivity index (χ3v) is 4.60. The number of ether oxygens (including phenoxy) is 1. The summed E-state index contributed by atoms with van der Waals surface area (Å²) >= 11 is 0. The van der Waals surface area contributed by atoms with E-state index in [-0.39, 0.29) is 12.2 Å². The van der Waals surface area contributed by atoms with Gasteiger partial charge in [0, 0.05) is 37.0 Å². The Morgan fingerprint density at radius 2 is 2.03 bits per heavy atom. The minimum atomic E-state index is -0.726. The molecule has 0 saturated carbocycles. The van der Waals surface area contributed by atoms with Crippen molar-refractivity contribution in [1.29, 1.82) is 10.7 Å². The smallest absolute Gasteiger partial charge is 0.348 e. The average molecular weight is 394 g/mol. The van der Waals surface area contributed by atoms with Crippen molar-refractivity contribution in [2.75, 3.05) is 26.1 Å². The number of methoxy groups -OCH3 is 1. The summed E-state index contributed by atoms with van der Waals surface area (Å²) in [6.07, 6.45) is 1.97. The number of aromatic nitrogens is 1. The summed E-state index contributed by atoms with van der Waals surface area (Å²) in [5.41, 5.74) is 4.21. The summed E-state index contributed by atoms with van der Waals surface area (Å²) < 4.78 is 6.62. The summed E-state index contributed by atoms with van der Waals surface area (Å²) in [7, 11) is 2.99. The van der Waals surface area contributed by atoms with Gasteiger partial charge in [-0.25, -0.2) is 4.79 Å². The third-order valence-electron chi connectivity index (χ3n) is 4.60. The lowest BCUT2D eigenvalue weighted by Crippen LogP contribution is -2.09. The largest absolute Gasteiger partial charge is 0.465 e. The zero-order chi connectivity index (χ0) is 21.6. The predicted octanol–water partition coefficient (Wildman–Crippen LogP) is 3.36. The van der Waals surface area contributed by atoms with Crippen molar-refractivity contribution in [3.8, 4) is 17.2 Å². The van der Waals surface area contributed by atoms with Crippen LogP contribution >= 0.6 is 0 Å². The molecule has 0 aliphatic carbocycles. The molecule has 7 heteroatoms. The minimum absolute atomic E-state index is 0.00856. The fourth-order valence-electron chi connectivity index (χ4n) is 3.27. The van der Waals surface area contributed by atoms with Crippen LogP contribution in [-0.2, 0) is 16.1 Å². The molecule has 0 aliphatic rings. The molecule has 0 atom stereocenters. The molecule has 0 spiro atoms. The highest BCUT2D eigenvalue weighted by atomic mass is 16.5. The monoisotopic (exact) mass is 394 g/mol. The molecule has 0 aliphatic heterocycles. The first-order valence-corrected chi connectivity index (χ1v) is 9.27. The van der Waals surface area contributed by atoms with Gasteiger partial charge in [0.1, 0.15) is 17.5 Å². The SMILES string of the molecule is CNc1c(C(C)=N)c(-c2ccc(C)cc2)c(/C=C(\C#N)C(=O)OC)n1CCCO. The Morgan fingerprint density at radius 1 is 1.38 bits per heavy atom. The van der Waals surface area contributed by atoms with Crippen LogP contribution in [0.3, 0.4) is 0 Å². The number of nitrogens with zero attached hydrogens (tertiary/aromatic N) is 2. The molecular formula is C22H26N4O3. The number of nitrogens with one attached hydrogen (secondary N) is 2. The number of carbonyl (C=O) groups is 1. The van der Waals surface area contributed by atoms with Crippen molar-refractivity contribution in [1.82, 2.24) is 4.57 Å². The van der Waals surface area contributed by atoms with Crippen LogP contribution in [0, 0.1) is 23.7 Å². The van der Waals surface area contributed by atoms with E-state index in [1.54, 1.807) is 14.0 Å². The van der Waals surface area contributed by atoms with Gasteiger partial charge in [0.15, 0.2) is 0 Å². The van der Waals surface area contributed by atoms with Crippen molar-refractivity contribution in [2.24, 2.45) is 0 Å². The molecule has 2 rings (SSSR count). The molecule has 0 bridgehead atoms. The van der Waals surface area contributed by atoms with Crippen LogP contribution in [0.15, 0.2) is 29.8 Å². The van der Waals surface area contributed by atoms with Gasteiger partial charge >= 0.3 is 5.97 Å². The lowest BCUT2D eigenvalue weighted by atomic mass is 9.97. The highest BCUT2D eigenvalue weighted by Crippen LogP contribution is 2.38. The van der Waals surface area contributed by atoms with E-state index in [1.807, 2.05) is 41.8 Å². The van der Waals surface area contributed by atoms with Crippen molar-refractivity contribution >= 4 is 23.6 Å². The molecule has 0 radical (unpaired) electrons. The second-order valence-corrected chi connectivity index (χ2v) is 6.62. The molecule has 3 N–H and O–H groups in total. The van der Waals surface area contributed by atoms with Crippen LogP contribution in [0.4, 0.5) is 5.82 Å². The van der Waals surface area contributed by atoms with E-state index < -0.39 is 5.97 Å². The number of benzene rings is 1. The molecule has 0 amide bonds. The van der Waals surface area contributed by atoms with Gasteiger partial charge in [0.2, 0.25) is 0 Å². The number of hydrogen-bond acceptors (Lipinski definition) is 6. The Bertz CT molecular complexity index is 979. The van der Waals surface area contributed by atoms with Crippen LogP contribution in [0.1, 0.15) is 30.2 Å². The zero-order valence-electron chi connectivity index (χ0n) is 17.2. The molecule has 29 heavy (non-hydrogen) atoms. The quantitative estimate of drug-likeness (QED) is 0.275. The number of aliphatic hydroxyl groups is 1. The van der Waals surface area contributed by atoms with E-state index in [4.69, 9.17) is 10.1 Å². The van der Waals surface area contributed by atoms with Crippen molar-refractivity contribution in [3.63, 3.8) is 0 Å². The normalized spacial score (nSPS) is 11.1. The van der Waals surface area contributed by atoms with Gasteiger partial charge in [-0.1, -0.05) is 29.8 Å². The Labute approximate surface area is 170 Å². The van der Waals surface area contributed by atoms with Crippen LogP contribution in [0.5, 0.6) is 0 Å². The van der Waals surface area contributed by atoms with Crippen molar-refractivity contribution in [2.45, 2.75) is 26.8 Å². The van der Waals surface area contributed by atoms with Gasteiger partial charge < -0.3 is 25.1 Å². The molecule has 0 fully saturated rings. The fourth-order valence-corrected chi connectivity index (χ4v) is 3.27. The number of aryl methyl sites for hydroxylation is 1. The zero-order valence-corrected chi connectivity index (χ0v) is 17.2. The highest BCUT2D eigenvalue weighted by molar-refractivity contribution is 6.10. The van der Waals surface area contributed by atoms with Crippen LogP contribution in [0.25, 0.3) is 17.2 Å². The van der Waals surface area contributed by atoms with E-state index in [9.17, 15) is 15.2 Å². The number of rotatable bonds is 8. The van der Waals surface area contributed by atoms with Gasteiger partial charge in [-0.05, 0) is 31.9 Å². The molecule has 152 valence electrons. The maximum atomic E-state index is 12.0.